The van der Waals surface area contributed by atoms with Gasteiger partial charge in [-0.3, -0.25) is 0 Å². The molecule has 1 aromatic heterocycles. The number of hydrogen-bond donors (Lipinski definition) is 0. The number of unbranched alkanes of at least 4 members (excludes halogenated alkanes) is 2. The van der Waals surface area contributed by atoms with Crippen molar-refractivity contribution >= 4 is 11.0 Å². The summed E-state index contributed by atoms with van der Waals surface area (Å²) < 4.78 is 6.29. The molecule has 2 aromatic carbocycles. The highest BCUT2D eigenvalue weighted by atomic mass is 16.5. The fourth-order valence-corrected chi connectivity index (χ4v) is 2.84. The van der Waals surface area contributed by atoms with Crippen LogP contribution < -0.4 is 4.74 Å². The second-order valence-corrected chi connectivity index (χ2v) is 6.09. The summed E-state index contributed by atoms with van der Waals surface area (Å²) in [4.78, 5) is 1.68. The summed E-state index contributed by atoms with van der Waals surface area (Å²) in [5.41, 5.74) is 2.67. The lowest BCUT2D eigenvalue weighted by Crippen LogP contribution is -2.16. The number of benzene rings is 2. The largest absolute Gasteiger partial charge is 0.488 e. The molecule has 4 heteroatoms. The lowest BCUT2D eigenvalue weighted by atomic mass is 10.1. The van der Waals surface area contributed by atoms with Crippen LogP contribution in [0.15, 0.2) is 48.5 Å². The van der Waals surface area contributed by atoms with Crippen molar-refractivity contribution in [1.82, 2.24) is 15.0 Å². The monoisotopic (exact) mass is 323 g/mol. The van der Waals surface area contributed by atoms with Crippen molar-refractivity contribution in [2.75, 3.05) is 0 Å². The van der Waals surface area contributed by atoms with Gasteiger partial charge >= 0.3 is 0 Å². The molecule has 4 nitrogen and oxygen atoms in total. The van der Waals surface area contributed by atoms with Gasteiger partial charge in [0.1, 0.15) is 22.5 Å². The molecule has 0 fully saturated rings. The number of aromatic nitrogens is 3. The molecule has 0 aliphatic carbocycles. The van der Waals surface area contributed by atoms with Gasteiger partial charge < -0.3 is 4.74 Å². The van der Waals surface area contributed by atoms with Gasteiger partial charge in [-0.1, -0.05) is 51.0 Å². The standard InChI is InChI=1S/C20H25N3O/c1-3-5-6-11-16(4-2)24-20-15-10-9-14-19(20)23-21-17-12-7-8-13-18(17)22-23/h7-10,12-16H,3-6,11H2,1-2H3. The molecule has 3 rings (SSSR count). The van der Waals surface area contributed by atoms with Crippen LogP contribution >= 0.6 is 0 Å². The summed E-state index contributed by atoms with van der Waals surface area (Å²) in [7, 11) is 0. The minimum absolute atomic E-state index is 0.239. The van der Waals surface area contributed by atoms with Gasteiger partial charge in [0.15, 0.2) is 0 Å². The zero-order chi connectivity index (χ0) is 16.8. The van der Waals surface area contributed by atoms with Crippen LogP contribution in [0.3, 0.4) is 0 Å². The van der Waals surface area contributed by atoms with E-state index in [1.807, 2.05) is 48.5 Å². The molecule has 1 atom stereocenters. The van der Waals surface area contributed by atoms with Crippen LogP contribution in [0.5, 0.6) is 5.75 Å². The van der Waals surface area contributed by atoms with Crippen molar-refractivity contribution < 1.29 is 4.74 Å². The Labute approximate surface area is 143 Å². The van der Waals surface area contributed by atoms with E-state index in [9.17, 15) is 0 Å². The zero-order valence-electron chi connectivity index (χ0n) is 14.5. The summed E-state index contributed by atoms with van der Waals surface area (Å²) in [5, 5.41) is 9.16. The molecule has 1 unspecified atom stereocenters. The third-order valence-electron chi connectivity index (χ3n) is 4.25. The first-order chi connectivity index (χ1) is 11.8. The molecule has 0 aliphatic rings. The van der Waals surface area contributed by atoms with E-state index in [2.05, 4.69) is 24.0 Å². The SMILES string of the molecule is CCCCCC(CC)Oc1ccccc1-n1nc2ccccc2n1. The molecule has 24 heavy (non-hydrogen) atoms. The maximum absolute atomic E-state index is 6.29. The second kappa shape index (κ2) is 7.95. The topological polar surface area (TPSA) is 39.9 Å². The maximum atomic E-state index is 6.29. The lowest BCUT2D eigenvalue weighted by molar-refractivity contribution is 0.182. The summed E-state index contributed by atoms with van der Waals surface area (Å²) >= 11 is 0. The van der Waals surface area contributed by atoms with Crippen LogP contribution in [0.4, 0.5) is 0 Å². The van der Waals surface area contributed by atoms with Crippen LogP contribution in [0.1, 0.15) is 46.0 Å². The molecular formula is C20H25N3O. The van der Waals surface area contributed by atoms with E-state index in [0.29, 0.717) is 0 Å². The summed E-state index contributed by atoms with van der Waals surface area (Å²) in [6, 6.07) is 15.9. The summed E-state index contributed by atoms with van der Waals surface area (Å²) in [6.07, 6.45) is 6.04. The Morgan fingerprint density at radius 3 is 2.25 bits per heavy atom. The van der Waals surface area contributed by atoms with Crippen molar-refractivity contribution in [2.24, 2.45) is 0 Å². The predicted octanol–water partition coefficient (Wildman–Crippen LogP) is 5.16. The van der Waals surface area contributed by atoms with E-state index >= 15 is 0 Å². The predicted molar refractivity (Wildman–Crippen MR) is 97.7 cm³/mol. The molecule has 0 radical (unpaired) electrons. The Kier molecular flexibility index (Phi) is 5.47. The first kappa shape index (κ1) is 16.5. The molecule has 3 aromatic rings. The zero-order valence-corrected chi connectivity index (χ0v) is 14.5. The molecule has 0 aliphatic heterocycles. The highest BCUT2D eigenvalue weighted by Crippen LogP contribution is 2.25. The molecule has 0 bridgehead atoms. The molecule has 0 spiro atoms. The van der Waals surface area contributed by atoms with E-state index in [0.717, 1.165) is 35.3 Å². The molecule has 1 heterocycles. The van der Waals surface area contributed by atoms with Gasteiger partial charge in [0.2, 0.25) is 0 Å². The molecule has 0 N–H and O–H groups in total. The number of para-hydroxylation sites is 2. The Morgan fingerprint density at radius 1 is 0.917 bits per heavy atom. The second-order valence-electron chi connectivity index (χ2n) is 6.09. The minimum atomic E-state index is 0.239. The smallest absolute Gasteiger partial charge is 0.147 e. The van der Waals surface area contributed by atoms with Crippen LogP contribution in [0.2, 0.25) is 0 Å². The summed E-state index contributed by atoms with van der Waals surface area (Å²) in [6.45, 7) is 4.41. The van der Waals surface area contributed by atoms with E-state index < -0.39 is 0 Å². The van der Waals surface area contributed by atoms with Gasteiger partial charge in [-0.2, -0.15) is 0 Å². The number of nitrogens with zero attached hydrogens (tertiary/aromatic N) is 3. The minimum Gasteiger partial charge on any atom is -0.488 e. The third-order valence-corrected chi connectivity index (χ3v) is 4.25. The van der Waals surface area contributed by atoms with E-state index in [1.165, 1.54) is 19.3 Å². The van der Waals surface area contributed by atoms with E-state index in [1.54, 1.807) is 4.80 Å². The Morgan fingerprint density at radius 2 is 1.58 bits per heavy atom. The van der Waals surface area contributed by atoms with Crippen LogP contribution in [0.25, 0.3) is 16.7 Å². The molecular weight excluding hydrogens is 298 g/mol. The first-order valence-corrected chi connectivity index (χ1v) is 8.90. The van der Waals surface area contributed by atoms with Gasteiger partial charge in [0.05, 0.1) is 6.10 Å². The van der Waals surface area contributed by atoms with Crippen molar-refractivity contribution in [3.8, 4) is 11.4 Å². The average Bonchev–Trinajstić information content (AvgIpc) is 3.05. The molecule has 0 saturated heterocycles. The number of rotatable bonds is 8. The fourth-order valence-electron chi connectivity index (χ4n) is 2.84. The Bertz CT molecular complexity index is 748. The quantitative estimate of drug-likeness (QED) is 0.538. The lowest BCUT2D eigenvalue weighted by Gasteiger charge is -2.19. The highest BCUT2D eigenvalue weighted by molar-refractivity contribution is 5.73. The third kappa shape index (κ3) is 3.75. The highest BCUT2D eigenvalue weighted by Gasteiger charge is 2.14. The van der Waals surface area contributed by atoms with Crippen LogP contribution in [-0.4, -0.2) is 21.1 Å². The van der Waals surface area contributed by atoms with Gasteiger partial charge in [0.25, 0.3) is 0 Å². The Balaban J connectivity index is 1.84. The van der Waals surface area contributed by atoms with Crippen molar-refractivity contribution in [2.45, 2.75) is 52.1 Å². The van der Waals surface area contributed by atoms with E-state index in [4.69, 9.17) is 4.74 Å². The van der Waals surface area contributed by atoms with Crippen molar-refractivity contribution in [3.63, 3.8) is 0 Å². The van der Waals surface area contributed by atoms with Crippen LogP contribution in [0, 0.1) is 0 Å². The molecule has 126 valence electrons. The van der Waals surface area contributed by atoms with Gasteiger partial charge in [-0.25, -0.2) is 0 Å². The van der Waals surface area contributed by atoms with Gasteiger partial charge in [0, 0.05) is 0 Å². The Hall–Kier alpha value is -2.36. The maximum Gasteiger partial charge on any atom is 0.147 e. The number of ether oxygens (including phenoxy) is 1. The van der Waals surface area contributed by atoms with Gasteiger partial charge in [-0.15, -0.1) is 15.0 Å². The average molecular weight is 323 g/mol. The molecule has 0 amide bonds. The number of fused-ring (bicyclic) bond motifs is 1. The first-order valence-electron chi connectivity index (χ1n) is 8.90. The molecule has 0 saturated carbocycles. The van der Waals surface area contributed by atoms with Crippen LogP contribution in [-0.2, 0) is 0 Å². The van der Waals surface area contributed by atoms with Crippen molar-refractivity contribution in [1.29, 1.82) is 0 Å². The normalized spacial score (nSPS) is 12.4. The van der Waals surface area contributed by atoms with E-state index in [-0.39, 0.29) is 6.10 Å². The van der Waals surface area contributed by atoms with Gasteiger partial charge in [-0.05, 0) is 43.5 Å². The van der Waals surface area contributed by atoms with Crippen molar-refractivity contribution in [3.05, 3.63) is 48.5 Å². The fraction of sp³-hybridized carbons (Fsp3) is 0.400. The number of hydrogen-bond acceptors (Lipinski definition) is 3. The summed E-state index contributed by atoms with van der Waals surface area (Å²) in [5.74, 6) is 0.848.